The fourth-order valence-corrected chi connectivity index (χ4v) is 2.84. The summed E-state index contributed by atoms with van der Waals surface area (Å²) < 4.78 is 1.82. The summed E-state index contributed by atoms with van der Waals surface area (Å²) in [6.07, 6.45) is 3.34. The molecule has 0 saturated heterocycles. The number of aromatic carboxylic acids is 1. The van der Waals surface area contributed by atoms with Crippen LogP contribution in [-0.4, -0.2) is 25.6 Å². The highest BCUT2D eigenvalue weighted by molar-refractivity contribution is 6.32. The van der Waals surface area contributed by atoms with E-state index in [1.807, 2.05) is 35.8 Å². The van der Waals surface area contributed by atoms with Crippen LogP contribution >= 0.6 is 11.6 Å². The number of nitrogens with zero attached hydrogens (tertiary/aromatic N) is 3. The maximum atomic E-state index is 11.2. The first kappa shape index (κ1) is 15.2. The smallest absolute Gasteiger partial charge is 0.337 e. The molecular formula is C17H14ClN3O2. The van der Waals surface area contributed by atoms with E-state index in [0.717, 1.165) is 16.8 Å². The van der Waals surface area contributed by atoms with Crippen LogP contribution in [0.5, 0.6) is 0 Å². The molecule has 0 radical (unpaired) electrons. The van der Waals surface area contributed by atoms with Crippen LogP contribution in [0.1, 0.15) is 21.7 Å². The highest BCUT2D eigenvalue weighted by atomic mass is 35.5. The van der Waals surface area contributed by atoms with Crippen molar-refractivity contribution in [2.24, 2.45) is 0 Å². The van der Waals surface area contributed by atoms with E-state index in [4.69, 9.17) is 11.6 Å². The first-order valence-corrected chi connectivity index (χ1v) is 7.36. The number of hydrogen-bond acceptors (Lipinski definition) is 3. The van der Waals surface area contributed by atoms with Gasteiger partial charge in [-0.05, 0) is 44.2 Å². The Morgan fingerprint density at radius 3 is 2.57 bits per heavy atom. The quantitative estimate of drug-likeness (QED) is 0.741. The average Bonchev–Trinajstić information content (AvgIpc) is 2.83. The zero-order chi connectivity index (χ0) is 16.6. The lowest BCUT2D eigenvalue weighted by atomic mass is 10.1. The summed E-state index contributed by atoms with van der Waals surface area (Å²) in [5.74, 6) is -0.278. The third kappa shape index (κ3) is 2.71. The molecule has 116 valence electrons. The Kier molecular flexibility index (Phi) is 3.88. The summed E-state index contributed by atoms with van der Waals surface area (Å²) in [5, 5.41) is 9.64. The van der Waals surface area contributed by atoms with Crippen molar-refractivity contribution in [1.82, 2.24) is 14.5 Å². The van der Waals surface area contributed by atoms with Gasteiger partial charge < -0.3 is 9.67 Å². The first-order valence-electron chi connectivity index (χ1n) is 6.98. The molecule has 0 fully saturated rings. The maximum absolute atomic E-state index is 11.2. The fourth-order valence-electron chi connectivity index (χ4n) is 2.61. The number of carbonyl (C=O) groups is 1. The number of aromatic nitrogens is 3. The molecule has 0 saturated carbocycles. The van der Waals surface area contributed by atoms with Gasteiger partial charge in [-0.1, -0.05) is 11.6 Å². The largest absolute Gasteiger partial charge is 0.478 e. The predicted molar refractivity (Wildman–Crippen MR) is 88.2 cm³/mol. The highest BCUT2D eigenvalue weighted by Gasteiger charge is 2.16. The first-order chi connectivity index (χ1) is 11.0. The van der Waals surface area contributed by atoms with Gasteiger partial charge in [-0.2, -0.15) is 0 Å². The van der Waals surface area contributed by atoms with Crippen LogP contribution in [0.3, 0.4) is 0 Å². The Morgan fingerprint density at radius 2 is 2.00 bits per heavy atom. The van der Waals surface area contributed by atoms with Crippen molar-refractivity contribution >= 4 is 17.6 Å². The lowest BCUT2D eigenvalue weighted by Crippen LogP contribution is -2.04. The lowest BCUT2D eigenvalue weighted by Gasteiger charge is -2.10. The zero-order valence-corrected chi connectivity index (χ0v) is 13.4. The molecule has 5 nitrogen and oxygen atoms in total. The SMILES string of the molecule is Cc1cc(C(=O)O)c(C)n1-c1ccc(-c2cccnc2Cl)cn1. The number of hydrogen-bond donors (Lipinski definition) is 1. The van der Waals surface area contributed by atoms with Gasteiger partial charge in [-0.15, -0.1) is 0 Å². The van der Waals surface area contributed by atoms with E-state index < -0.39 is 5.97 Å². The average molecular weight is 328 g/mol. The summed E-state index contributed by atoms with van der Waals surface area (Å²) in [6, 6.07) is 9.06. The van der Waals surface area contributed by atoms with E-state index in [-0.39, 0.29) is 5.56 Å². The summed E-state index contributed by atoms with van der Waals surface area (Å²) >= 11 is 6.09. The van der Waals surface area contributed by atoms with Gasteiger partial charge in [0.1, 0.15) is 11.0 Å². The monoisotopic (exact) mass is 327 g/mol. The van der Waals surface area contributed by atoms with Crippen LogP contribution < -0.4 is 0 Å². The topological polar surface area (TPSA) is 68.0 Å². The van der Waals surface area contributed by atoms with Gasteiger partial charge in [0.2, 0.25) is 0 Å². The predicted octanol–water partition coefficient (Wildman–Crippen LogP) is 3.90. The van der Waals surface area contributed by atoms with E-state index in [1.165, 1.54) is 0 Å². The molecule has 0 bridgehead atoms. The molecule has 0 aliphatic rings. The Balaban J connectivity index is 2.04. The van der Waals surface area contributed by atoms with Gasteiger partial charge in [-0.3, -0.25) is 0 Å². The van der Waals surface area contributed by atoms with Crippen LogP contribution in [0.15, 0.2) is 42.7 Å². The van der Waals surface area contributed by atoms with Crippen LogP contribution in [-0.2, 0) is 0 Å². The van der Waals surface area contributed by atoms with Crippen molar-refractivity contribution in [2.75, 3.05) is 0 Å². The normalized spacial score (nSPS) is 10.7. The minimum atomic E-state index is -0.942. The summed E-state index contributed by atoms with van der Waals surface area (Å²) in [4.78, 5) is 19.7. The summed E-state index contributed by atoms with van der Waals surface area (Å²) in [6.45, 7) is 3.62. The molecule has 0 spiro atoms. The molecule has 3 aromatic heterocycles. The second-order valence-electron chi connectivity index (χ2n) is 5.17. The molecule has 0 aromatic carbocycles. The van der Waals surface area contributed by atoms with Crippen molar-refractivity contribution in [2.45, 2.75) is 13.8 Å². The number of rotatable bonds is 3. The van der Waals surface area contributed by atoms with Crippen molar-refractivity contribution in [3.8, 4) is 16.9 Å². The van der Waals surface area contributed by atoms with E-state index >= 15 is 0 Å². The van der Waals surface area contributed by atoms with Crippen molar-refractivity contribution in [3.63, 3.8) is 0 Å². The van der Waals surface area contributed by atoms with Crippen LogP contribution in [0.2, 0.25) is 5.15 Å². The van der Waals surface area contributed by atoms with Gasteiger partial charge >= 0.3 is 5.97 Å². The van der Waals surface area contributed by atoms with Gasteiger partial charge in [0.05, 0.1) is 5.56 Å². The third-order valence-corrected chi connectivity index (χ3v) is 4.01. The molecule has 1 N–H and O–H groups in total. The third-order valence-electron chi connectivity index (χ3n) is 3.71. The Bertz CT molecular complexity index is 885. The number of carboxylic acids is 1. The molecule has 23 heavy (non-hydrogen) atoms. The van der Waals surface area contributed by atoms with Gasteiger partial charge in [0.15, 0.2) is 0 Å². The number of carboxylic acid groups (broad SMARTS) is 1. The molecule has 0 aliphatic heterocycles. The van der Waals surface area contributed by atoms with Crippen molar-refractivity contribution in [1.29, 1.82) is 0 Å². The van der Waals surface area contributed by atoms with Crippen molar-refractivity contribution < 1.29 is 9.90 Å². The van der Waals surface area contributed by atoms with Crippen LogP contribution in [0.25, 0.3) is 16.9 Å². The Hall–Kier alpha value is -2.66. The Labute approximate surface area is 138 Å². The van der Waals surface area contributed by atoms with E-state index in [9.17, 15) is 9.90 Å². The summed E-state index contributed by atoms with van der Waals surface area (Å²) in [7, 11) is 0. The molecule has 0 amide bonds. The minimum absolute atomic E-state index is 0.281. The molecule has 3 rings (SSSR count). The summed E-state index contributed by atoms with van der Waals surface area (Å²) in [5.41, 5.74) is 3.41. The number of pyridine rings is 2. The molecule has 0 aliphatic carbocycles. The number of halogens is 1. The van der Waals surface area contributed by atoms with Crippen LogP contribution in [0.4, 0.5) is 0 Å². The van der Waals surface area contributed by atoms with Crippen LogP contribution in [0, 0.1) is 13.8 Å². The highest BCUT2D eigenvalue weighted by Crippen LogP contribution is 2.26. The minimum Gasteiger partial charge on any atom is -0.478 e. The van der Waals surface area contributed by atoms with E-state index in [0.29, 0.717) is 16.7 Å². The van der Waals surface area contributed by atoms with Gasteiger partial charge in [0.25, 0.3) is 0 Å². The number of aryl methyl sites for hydroxylation is 1. The lowest BCUT2D eigenvalue weighted by molar-refractivity contribution is 0.0696. The molecular weight excluding hydrogens is 314 g/mol. The molecule has 0 atom stereocenters. The van der Waals surface area contributed by atoms with Crippen molar-refractivity contribution in [3.05, 3.63) is 64.8 Å². The maximum Gasteiger partial charge on any atom is 0.337 e. The Morgan fingerprint density at radius 1 is 1.22 bits per heavy atom. The zero-order valence-electron chi connectivity index (χ0n) is 12.6. The van der Waals surface area contributed by atoms with E-state index in [2.05, 4.69) is 9.97 Å². The fraction of sp³-hybridized carbons (Fsp3) is 0.118. The molecule has 0 unspecified atom stereocenters. The van der Waals surface area contributed by atoms with Gasteiger partial charge in [0, 0.05) is 34.9 Å². The second-order valence-corrected chi connectivity index (χ2v) is 5.53. The van der Waals surface area contributed by atoms with Gasteiger partial charge in [-0.25, -0.2) is 14.8 Å². The second kappa shape index (κ2) is 5.85. The standard InChI is InChI=1S/C17H14ClN3O2/c1-10-8-14(17(22)23)11(2)21(10)15-6-5-12(9-20-15)13-4-3-7-19-16(13)18/h3-9H,1-2H3,(H,22,23). The molecule has 3 aromatic rings. The molecule has 3 heterocycles. The molecule has 6 heteroatoms. The van der Waals surface area contributed by atoms with E-state index in [1.54, 1.807) is 25.4 Å².